The average Bonchev–Trinajstić information content (AvgIpc) is 3.40. The molecule has 2 aromatic heterocycles. The fraction of sp³-hybridized carbons (Fsp3) is 0.250. The Morgan fingerprint density at radius 2 is 2.00 bits per heavy atom. The summed E-state index contributed by atoms with van der Waals surface area (Å²) in [6, 6.07) is 13.6. The van der Waals surface area contributed by atoms with Crippen LogP contribution in [0.15, 0.2) is 58.5 Å². The van der Waals surface area contributed by atoms with Crippen LogP contribution in [0.25, 0.3) is 0 Å². The number of aryl methyl sites for hydroxylation is 1. The number of benzene rings is 1. The van der Waals surface area contributed by atoms with Crippen LogP contribution in [0, 0.1) is 0 Å². The van der Waals surface area contributed by atoms with Gasteiger partial charge in [-0.15, -0.1) is 11.3 Å². The predicted molar refractivity (Wildman–Crippen MR) is 98.2 cm³/mol. The average molecular weight is 369 g/mol. The van der Waals surface area contributed by atoms with Gasteiger partial charge in [0.25, 0.3) is 0 Å². The van der Waals surface area contributed by atoms with Crippen molar-refractivity contribution < 1.29 is 18.7 Å². The molecule has 0 spiro atoms. The van der Waals surface area contributed by atoms with Gasteiger partial charge >= 0.3 is 0 Å². The Labute approximate surface area is 155 Å². The van der Waals surface area contributed by atoms with E-state index in [1.165, 1.54) is 0 Å². The first-order chi connectivity index (χ1) is 12.8. The molecule has 0 saturated heterocycles. The van der Waals surface area contributed by atoms with E-state index in [0.717, 1.165) is 27.7 Å². The van der Waals surface area contributed by atoms with Crippen LogP contribution in [-0.4, -0.2) is 17.6 Å². The van der Waals surface area contributed by atoms with Crippen molar-refractivity contribution in [3.8, 4) is 11.5 Å². The molecule has 134 valence electrons. The maximum absolute atomic E-state index is 12.8. The van der Waals surface area contributed by atoms with E-state index in [4.69, 9.17) is 13.9 Å². The highest BCUT2D eigenvalue weighted by molar-refractivity contribution is 7.09. The normalized spacial score (nSPS) is 12.3. The topological polar surface area (TPSA) is 51.9 Å². The summed E-state index contributed by atoms with van der Waals surface area (Å²) in [7, 11) is 0. The third kappa shape index (κ3) is 3.91. The molecule has 0 saturated carbocycles. The summed E-state index contributed by atoms with van der Waals surface area (Å²) in [5.74, 6) is 2.41. The smallest absolute Gasteiger partial charge is 0.231 e. The maximum atomic E-state index is 12.8. The minimum atomic E-state index is 0.104. The van der Waals surface area contributed by atoms with E-state index in [2.05, 4.69) is 0 Å². The Bertz CT molecular complexity index is 822. The van der Waals surface area contributed by atoms with Gasteiger partial charge in [-0.3, -0.25) is 4.79 Å². The number of rotatable bonds is 7. The second-order valence-electron chi connectivity index (χ2n) is 6.10. The molecule has 6 heteroatoms. The monoisotopic (exact) mass is 369 g/mol. The number of thiophene rings is 1. The van der Waals surface area contributed by atoms with E-state index < -0.39 is 0 Å². The van der Waals surface area contributed by atoms with Crippen LogP contribution in [0.4, 0.5) is 0 Å². The molecule has 0 N–H and O–H groups in total. The van der Waals surface area contributed by atoms with Gasteiger partial charge in [-0.2, -0.15) is 0 Å². The molecule has 3 heterocycles. The molecule has 1 aromatic carbocycles. The van der Waals surface area contributed by atoms with Gasteiger partial charge in [-0.1, -0.05) is 12.1 Å². The minimum absolute atomic E-state index is 0.104. The lowest BCUT2D eigenvalue weighted by molar-refractivity contribution is -0.132. The van der Waals surface area contributed by atoms with Crippen LogP contribution in [0.5, 0.6) is 11.5 Å². The highest BCUT2D eigenvalue weighted by Crippen LogP contribution is 2.32. The molecule has 0 bridgehead atoms. The Morgan fingerprint density at radius 1 is 1.08 bits per heavy atom. The van der Waals surface area contributed by atoms with Crippen molar-refractivity contribution in [1.82, 2.24) is 4.90 Å². The quantitative estimate of drug-likeness (QED) is 0.625. The van der Waals surface area contributed by atoms with Crippen molar-refractivity contribution in [3.05, 3.63) is 70.3 Å². The second-order valence-corrected chi connectivity index (χ2v) is 7.13. The number of ether oxygens (including phenoxy) is 2. The van der Waals surface area contributed by atoms with Crippen LogP contribution < -0.4 is 9.47 Å². The SMILES string of the molecule is O=C(CCc1ccc2c(c1)OCO2)N(Cc1ccco1)Cc1cccs1. The van der Waals surface area contributed by atoms with Crippen LogP contribution in [-0.2, 0) is 24.3 Å². The van der Waals surface area contributed by atoms with Gasteiger partial charge in [0, 0.05) is 11.3 Å². The summed E-state index contributed by atoms with van der Waals surface area (Å²) in [4.78, 5) is 15.8. The van der Waals surface area contributed by atoms with Crippen molar-refractivity contribution in [2.45, 2.75) is 25.9 Å². The van der Waals surface area contributed by atoms with Gasteiger partial charge in [-0.05, 0) is 47.7 Å². The molecule has 26 heavy (non-hydrogen) atoms. The Balaban J connectivity index is 1.41. The standard InChI is InChI=1S/C20H19NO4S/c22-20(8-6-15-5-7-18-19(11-15)25-14-24-18)21(12-16-3-1-9-23-16)13-17-4-2-10-26-17/h1-5,7,9-11H,6,8,12-14H2. The molecule has 5 nitrogen and oxygen atoms in total. The molecule has 1 aliphatic rings. The molecule has 0 atom stereocenters. The molecule has 0 aliphatic carbocycles. The van der Waals surface area contributed by atoms with Crippen molar-refractivity contribution in [2.75, 3.05) is 6.79 Å². The highest BCUT2D eigenvalue weighted by Gasteiger charge is 2.18. The molecule has 1 aliphatic heterocycles. The minimum Gasteiger partial charge on any atom is -0.467 e. The van der Waals surface area contributed by atoms with E-state index in [9.17, 15) is 4.79 Å². The number of nitrogens with zero attached hydrogens (tertiary/aromatic N) is 1. The number of carbonyl (C=O) groups is 1. The summed E-state index contributed by atoms with van der Waals surface area (Å²) in [5.41, 5.74) is 1.07. The number of amides is 1. The zero-order valence-electron chi connectivity index (χ0n) is 14.2. The summed E-state index contributed by atoms with van der Waals surface area (Å²) in [5, 5.41) is 2.03. The Kier molecular flexibility index (Phi) is 4.93. The molecule has 1 amide bonds. The zero-order chi connectivity index (χ0) is 17.8. The summed E-state index contributed by atoms with van der Waals surface area (Å²) in [6.45, 7) is 1.33. The van der Waals surface area contributed by atoms with Gasteiger partial charge in [0.05, 0.1) is 19.4 Å². The molecule has 0 unspecified atom stereocenters. The van der Waals surface area contributed by atoms with E-state index >= 15 is 0 Å². The van der Waals surface area contributed by atoms with Crippen molar-refractivity contribution in [2.24, 2.45) is 0 Å². The highest BCUT2D eigenvalue weighted by atomic mass is 32.1. The summed E-state index contributed by atoms with van der Waals surface area (Å²) >= 11 is 1.65. The number of fused-ring (bicyclic) bond motifs is 1. The fourth-order valence-electron chi connectivity index (χ4n) is 2.92. The number of carbonyl (C=O) groups excluding carboxylic acids is 1. The van der Waals surface area contributed by atoms with Gasteiger partial charge in [-0.25, -0.2) is 0 Å². The largest absolute Gasteiger partial charge is 0.467 e. The van der Waals surface area contributed by atoms with E-state index in [1.54, 1.807) is 17.6 Å². The van der Waals surface area contributed by atoms with Gasteiger partial charge in [0.1, 0.15) is 5.76 Å². The van der Waals surface area contributed by atoms with Crippen molar-refractivity contribution in [3.63, 3.8) is 0 Å². The third-order valence-corrected chi connectivity index (χ3v) is 5.13. The first-order valence-corrected chi connectivity index (χ1v) is 9.37. The molecule has 0 radical (unpaired) electrons. The second kappa shape index (κ2) is 7.66. The van der Waals surface area contributed by atoms with Crippen LogP contribution in [0.2, 0.25) is 0 Å². The van der Waals surface area contributed by atoms with Crippen LogP contribution >= 0.6 is 11.3 Å². The summed E-state index contributed by atoms with van der Waals surface area (Å²) < 4.78 is 16.2. The first-order valence-electron chi connectivity index (χ1n) is 8.49. The Morgan fingerprint density at radius 3 is 2.81 bits per heavy atom. The summed E-state index contributed by atoms with van der Waals surface area (Å²) in [6.07, 6.45) is 2.73. The van der Waals surface area contributed by atoms with Crippen LogP contribution in [0.1, 0.15) is 22.6 Å². The predicted octanol–water partition coefficient (Wildman–Crippen LogP) is 4.23. The lowest BCUT2D eigenvalue weighted by atomic mass is 10.1. The molecule has 4 rings (SSSR count). The number of hydrogen-bond donors (Lipinski definition) is 0. The molecule has 0 fully saturated rings. The van der Waals surface area contributed by atoms with Crippen molar-refractivity contribution >= 4 is 17.2 Å². The third-order valence-electron chi connectivity index (χ3n) is 4.27. The fourth-order valence-corrected chi connectivity index (χ4v) is 3.64. The van der Waals surface area contributed by atoms with Crippen molar-refractivity contribution in [1.29, 1.82) is 0 Å². The maximum Gasteiger partial charge on any atom is 0.231 e. The van der Waals surface area contributed by atoms with E-state index in [0.29, 0.717) is 25.9 Å². The first kappa shape index (κ1) is 16.7. The van der Waals surface area contributed by atoms with Crippen LogP contribution in [0.3, 0.4) is 0 Å². The lowest BCUT2D eigenvalue weighted by Crippen LogP contribution is -2.29. The van der Waals surface area contributed by atoms with E-state index in [-0.39, 0.29) is 12.7 Å². The molecule has 3 aromatic rings. The molecular formula is C20H19NO4S. The van der Waals surface area contributed by atoms with E-state index in [1.807, 2.05) is 52.7 Å². The number of hydrogen-bond acceptors (Lipinski definition) is 5. The van der Waals surface area contributed by atoms with Gasteiger partial charge < -0.3 is 18.8 Å². The molecular weight excluding hydrogens is 350 g/mol. The number of furan rings is 1. The van der Waals surface area contributed by atoms with Gasteiger partial charge in [0.2, 0.25) is 12.7 Å². The zero-order valence-corrected chi connectivity index (χ0v) is 15.0. The lowest BCUT2D eigenvalue weighted by Gasteiger charge is -2.21. The van der Waals surface area contributed by atoms with Gasteiger partial charge in [0.15, 0.2) is 11.5 Å². The Hall–Kier alpha value is -2.73.